The van der Waals surface area contributed by atoms with Crippen molar-refractivity contribution in [1.29, 1.82) is 0 Å². The molecule has 1 aromatic heterocycles. The van der Waals surface area contributed by atoms with Gasteiger partial charge in [0.2, 0.25) is 0 Å². The number of aromatic nitrogens is 2. The standard InChI is InChI=1S/C19H23FN4O2/c1-22-7-3-5-16(12-22)23-8-9-24-18(19(23)25)11-15(21-24)13-26-17-6-2-4-14(20)10-17/h2,4,6,10-11,16H,3,5,7-9,12-13H2,1H3. The number of rotatable bonds is 4. The predicted molar refractivity (Wildman–Crippen MR) is 94.5 cm³/mol. The fraction of sp³-hybridized carbons (Fsp3) is 0.474. The molecule has 0 bridgehead atoms. The highest BCUT2D eigenvalue weighted by Gasteiger charge is 2.33. The van der Waals surface area contributed by atoms with Gasteiger partial charge in [-0.2, -0.15) is 5.10 Å². The second-order valence-electron chi connectivity index (χ2n) is 7.05. The molecule has 3 heterocycles. The molecule has 26 heavy (non-hydrogen) atoms. The molecule has 1 saturated heterocycles. The number of hydrogen-bond donors (Lipinski definition) is 0. The summed E-state index contributed by atoms with van der Waals surface area (Å²) >= 11 is 0. The van der Waals surface area contributed by atoms with Gasteiger partial charge in [0.15, 0.2) is 0 Å². The van der Waals surface area contributed by atoms with E-state index in [4.69, 9.17) is 4.74 Å². The fourth-order valence-corrected chi connectivity index (χ4v) is 3.79. The molecule has 1 unspecified atom stereocenters. The Labute approximate surface area is 152 Å². The van der Waals surface area contributed by atoms with Crippen molar-refractivity contribution >= 4 is 5.91 Å². The maximum atomic E-state index is 13.2. The number of benzene rings is 1. The van der Waals surface area contributed by atoms with Crippen molar-refractivity contribution < 1.29 is 13.9 Å². The number of likely N-dealkylation sites (tertiary alicyclic amines) is 1. The zero-order chi connectivity index (χ0) is 18.1. The second kappa shape index (κ2) is 7.07. The normalized spacial score (nSPS) is 20.9. The van der Waals surface area contributed by atoms with E-state index in [1.807, 2.05) is 4.90 Å². The van der Waals surface area contributed by atoms with E-state index in [1.54, 1.807) is 22.9 Å². The molecule has 0 spiro atoms. The van der Waals surface area contributed by atoms with Crippen LogP contribution in [0, 0.1) is 5.82 Å². The Morgan fingerprint density at radius 2 is 2.15 bits per heavy atom. The van der Waals surface area contributed by atoms with Gasteiger partial charge < -0.3 is 14.5 Å². The molecule has 138 valence electrons. The molecule has 1 aromatic carbocycles. The van der Waals surface area contributed by atoms with Crippen LogP contribution in [0.1, 0.15) is 29.0 Å². The van der Waals surface area contributed by atoms with E-state index in [9.17, 15) is 9.18 Å². The zero-order valence-corrected chi connectivity index (χ0v) is 14.9. The van der Waals surface area contributed by atoms with Crippen molar-refractivity contribution in [2.75, 3.05) is 26.7 Å². The molecule has 6 nitrogen and oxygen atoms in total. The van der Waals surface area contributed by atoms with E-state index in [2.05, 4.69) is 17.0 Å². The molecule has 0 radical (unpaired) electrons. The van der Waals surface area contributed by atoms with E-state index in [1.165, 1.54) is 12.1 Å². The lowest BCUT2D eigenvalue weighted by Crippen LogP contribution is -2.52. The Morgan fingerprint density at radius 1 is 1.27 bits per heavy atom. The summed E-state index contributed by atoms with van der Waals surface area (Å²) in [5.74, 6) is 0.158. The quantitative estimate of drug-likeness (QED) is 0.840. The van der Waals surface area contributed by atoms with Gasteiger partial charge in [0, 0.05) is 25.2 Å². The van der Waals surface area contributed by atoms with Gasteiger partial charge in [0.05, 0.1) is 6.54 Å². The maximum Gasteiger partial charge on any atom is 0.272 e. The number of hydrogen-bond acceptors (Lipinski definition) is 4. The molecule has 2 aliphatic rings. The Morgan fingerprint density at radius 3 is 2.96 bits per heavy atom. The van der Waals surface area contributed by atoms with Gasteiger partial charge in [0.25, 0.3) is 5.91 Å². The zero-order valence-electron chi connectivity index (χ0n) is 14.9. The van der Waals surface area contributed by atoms with E-state index in [0.29, 0.717) is 30.2 Å². The van der Waals surface area contributed by atoms with Crippen molar-refractivity contribution in [3.05, 3.63) is 47.5 Å². The number of halogens is 1. The van der Waals surface area contributed by atoms with Crippen molar-refractivity contribution in [3.63, 3.8) is 0 Å². The van der Waals surface area contributed by atoms with Crippen LogP contribution in [0.3, 0.4) is 0 Å². The molecular formula is C19H23FN4O2. The summed E-state index contributed by atoms with van der Waals surface area (Å²) in [6.07, 6.45) is 2.18. The number of ether oxygens (including phenoxy) is 1. The van der Waals surface area contributed by atoms with Gasteiger partial charge in [-0.1, -0.05) is 6.07 Å². The first-order chi connectivity index (χ1) is 12.6. The maximum absolute atomic E-state index is 13.2. The summed E-state index contributed by atoms with van der Waals surface area (Å²) < 4.78 is 20.6. The largest absolute Gasteiger partial charge is 0.487 e. The number of fused-ring (bicyclic) bond motifs is 1. The molecule has 4 rings (SSSR count). The first kappa shape index (κ1) is 17.0. The monoisotopic (exact) mass is 358 g/mol. The summed E-state index contributed by atoms with van der Waals surface area (Å²) in [6.45, 7) is 3.62. The molecule has 1 atom stereocenters. The predicted octanol–water partition coefficient (Wildman–Crippen LogP) is 2.15. The SMILES string of the molecule is CN1CCCC(N2CCn3nc(COc4cccc(F)c4)cc3C2=O)C1. The molecule has 0 saturated carbocycles. The number of carbonyl (C=O) groups is 1. The molecule has 1 fully saturated rings. The van der Waals surface area contributed by atoms with Gasteiger partial charge in [0.1, 0.15) is 29.6 Å². The second-order valence-corrected chi connectivity index (χ2v) is 7.05. The van der Waals surface area contributed by atoms with Crippen LogP contribution in [0.2, 0.25) is 0 Å². The molecule has 7 heteroatoms. The highest BCUT2D eigenvalue weighted by Crippen LogP contribution is 2.22. The van der Waals surface area contributed by atoms with Crippen LogP contribution < -0.4 is 4.74 Å². The Balaban J connectivity index is 1.45. The summed E-state index contributed by atoms with van der Waals surface area (Å²) in [7, 11) is 2.10. The lowest BCUT2D eigenvalue weighted by Gasteiger charge is -2.39. The molecule has 1 amide bonds. The van der Waals surface area contributed by atoms with Gasteiger partial charge in [-0.05, 0) is 44.6 Å². The lowest BCUT2D eigenvalue weighted by molar-refractivity contribution is 0.0500. The summed E-state index contributed by atoms with van der Waals surface area (Å²) in [4.78, 5) is 17.2. The highest BCUT2D eigenvalue weighted by molar-refractivity contribution is 5.93. The van der Waals surface area contributed by atoms with Crippen LogP contribution in [0.5, 0.6) is 5.75 Å². The first-order valence-electron chi connectivity index (χ1n) is 9.05. The highest BCUT2D eigenvalue weighted by atomic mass is 19.1. The van der Waals surface area contributed by atoms with E-state index in [-0.39, 0.29) is 24.4 Å². The number of likely N-dealkylation sites (N-methyl/N-ethyl adjacent to an activating group) is 1. The van der Waals surface area contributed by atoms with E-state index >= 15 is 0 Å². The topological polar surface area (TPSA) is 50.6 Å². The summed E-state index contributed by atoms with van der Waals surface area (Å²) in [5, 5.41) is 4.47. The van der Waals surface area contributed by atoms with Crippen LogP contribution in [0.4, 0.5) is 4.39 Å². The molecule has 0 aliphatic carbocycles. The smallest absolute Gasteiger partial charge is 0.272 e. The van der Waals surface area contributed by atoms with Crippen LogP contribution in [0.15, 0.2) is 30.3 Å². The van der Waals surface area contributed by atoms with Crippen molar-refractivity contribution in [3.8, 4) is 5.75 Å². The third-order valence-electron chi connectivity index (χ3n) is 5.09. The van der Waals surface area contributed by atoms with Gasteiger partial charge in [-0.25, -0.2) is 4.39 Å². The van der Waals surface area contributed by atoms with Gasteiger partial charge in [-0.15, -0.1) is 0 Å². The van der Waals surface area contributed by atoms with Crippen LogP contribution in [-0.4, -0.2) is 58.2 Å². The number of piperidine rings is 1. The molecule has 2 aromatic rings. The Bertz CT molecular complexity index is 807. The molecule has 0 N–H and O–H groups in total. The van der Waals surface area contributed by atoms with Crippen LogP contribution >= 0.6 is 0 Å². The average Bonchev–Trinajstić information content (AvgIpc) is 3.04. The van der Waals surface area contributed by atoms with Crippen molar-refractivity contribution in [2.45, 2.75) is 32.0 Å². The van der Waals surface area contributed by atoms with Gasteiger partial charge >= 0.3 is 0 Å². The van der Waals surface area contributed by atoms with Crippen LogP contribution in [-0.2, 0) is 13.2 Å². The Kier molecular flexibility index (Phi) is 4.63. The number of amides is 1. The lowest BCUT2D eigenvalue weighted by atomic mass is 10.0. The van der Waals surface area contributed by atoms with E-state index in [0.717, 1.165) is 25.9 Å². The summed E-state index contributed by atoms with van der Waals surface area (Å²) in [5.41, 5.74) is 1.29. The molecular weight excluding hydrogens is 335 g/mol. The minimum atomic E-state index is -0.338. The third kappa shape index (κ3) is 3.44. The van der Waals surface area contributed by atoms with Crippen LogP contribution in [0.25, 0.3) is 0 Å². The van der Waals surface area contributed by atoms with Crippen molar-refractivity contribution in [1.82, 2.24) is 19.6 Å². The average molecular weight is 358 g/mol. The van der Waals surface area contributed by atoms with E-state index < -0.39 is 0 Å². The summed E-state index contributed by atoms with van der Waals surface area (Å²) in [6, 6.07) is 8.08. The first-order valence-corrected chi connectivity index (χ1v) is 9.05. The fourth-order valence-electron chi connectivity index (χ4n) is 3.79. The number of nitrogens with zero attached hydrogens (tertiary/aromatic N) is 4. The third-order valence-corrected chi connectivity index (χ3v) is 5.09. The molecule has 2 aliphatic heterocycles. The minimum absolute atomic E-state index is 0.0426. The van der Waals surface area contributed by atoms with Crippen molar-refractivity contribution in [2.24, 2.45) is 0 Å². The minimum Gasteiger partial charge on any atom is -0.487 e. The number of carbonyl (C=O) groups excluding carboxylic acids is 1. The Hall–Kier alpha value is -2.41. The van der Waals surface area contributed by atoms with Gasteiger partial charge in [-0.3, -0.25) is 9.48 Å².